The Hall–Kier alpha value is -1.44. The minimum atomic E-state index is -4.45. The molecule has 0 aromatic carbocycles. The number of hydrogen-bond donors (Lipinski definition) is 0. The summed E-state index contributed by atoms with van der Waals surface area (Å²) in [5.41, 5.74) is -0.881. The number of amides is 1. The van der Waals surface area contributed by atoms with Crippen molar-refractivity contribution >= 4 is 22.5 Å². The maximum absolute atomic E-state index is 12.3. The highest BCUT2D eigenvalue weighted by Crippen LogP contribution is 2.29. The van der Waals surface area contributed by atoms with E-state index in [1.807, 2.05) is 0 Å². The fourth-order valence-electron chi connectivity index (χ4n) is 1.38. The van der Waals surface area contributed by atoms with E-state index < -0.39 is 28.4 Å². The van der Waals surface area contributed by atoms with E-state index in [0.29, 0.717) is 6.20 Å². The topological polar surface area (TPSA) is 50.3 Å². The number of hydrogen-bond acceptors (Lipinski definition) is 3. The van der Waals surface area contributed by atoms with E-state index in [9.17, 15) is 22.2 Å². The predicted molar refractivity (Wildman–Crippen MR) is 54.6 cm³/mol. The van der Waals surface area contributed by atoms with Gasteiger partial charge in [-0.05, 0) is 12.1 Å². The largest absolute Gasteiger partial charge is 0.417 e. The average molecular weight is 264 g/mol. The first kappa shape index (κ1) is 12.0. The number of alkyl halides is 3. The van der Waals surface area contributed by atoms with Crippen LogP contribution in [-0.4, -0.2) is 26.7 Å². The molecule has 0 N–H and O–H groups in total. The van der Waals surface area contributed by atoms with E-state index >= 15 is 0 Å². The summed E-state index contributed by atoms with van der Waals surface area (Å²) in [5.74, 6) is -0.427. The van der Waals surface area contributed by atoms with Gasteiger partial charge in [0.05, 0.1) is 16.4 Å². The van der Waals surface area contributed by atoms with Crippen LogP contribution in [0.25, 0.3) is 0 Å². The molecule has 4 nitrogen and oxygen atoms in total. The Morgan fingerprint density at radius 3 is 2.47 bits per heavy atom. The van der Waals surface area contributed by atoms with Gasteiger partial charge in [0.2, 0.25) is 5.91 Å². The van der Waals surface area contributed by atoms with Crippen LogP contribution in [0.2, 0.25) is 0 Å². The molecule has 17 heavy (non-hydrogen) atoms. The van der Waals surface area contributed by atoms with E-state index in [2.05, 4.69) is 4.98 Å². The fourth-order valence-corrected chi connectivity index (χ4v) is 2.47. The van der Waals surface area contributed by atoms with Gasteiger partial charge in [-0.1, -0.05) is 0 Å². The van der Waals surface area contributed by atoms with Crippen LogP contribution in [0.1, 0.15) is 5.56 Å². The zero-order chi connectivity index (χ0) is 12.6. The van der Waals surface area contributed by atoms with Crippen LogP contribution in [0.5, 0.6) is 0 Å². The van der Waals surface area contributed by atoms with E-state index in [-0.39, 0.29) is 17.4 Å². The summed E-state index contributed by atoms with van der Waals surface area (Å²) in [5, 5.41) is 0. The lowest BCUT2D eigenvalue weighted by molar-refractivity contribution is -0.137. The van der Waals surface area contributed by atoms with Gasteiger partial charge in [-0.2, -0.15) is 13.2 Å². The Morgan fingerprint density at radius 1 is 1.35 bits per heavy atom. The van der Waals surface area contributed by atoms with Crippen LogP contribution in [0, 0.1) is 0 Å². The Bertz CT molecular complexity index is 472. The van der Waals surface area contributed by atoms with Crippen molar-refractivity contribution in [3.05, 3.63) is 23.9 Å². The molecule has 1 amide bonds. The molecular formula is C9H7F3N2O2S. The molecule has 1 aromatic heterocycles. The van der Waals surface area contributed by atoms with Crippen molar-refractivity contribution in [1.82, 2.24) is 4.98 Å². The first-order valence-electron chi connectivity index (χ1n) is 4.56. The number of carbonyl (C=O) groups is 1. The fraction of sp³-hybridized carbons (Fsp3) is 0.333. The highest BCUT2D eigenvalue weighted by molar-refractivity contribution is 7.86. The number of carbonyl (C=O) groups excluding carboxylic acids is 1. The molecule has 2 heterocycles. The molecule has 1 fully saturated rings. The normalized spacial score (nSPS) is 21.0. The van der Waals surface area contributed by atoms with Gasteiger partial charge >= 0.3 is 6.18 Å². The number of anilines is 1. The second kappa shape index (κ2) is 4.10. The second-order valence-electron chi connectivity index (χ2n) is 3.44. The molecule has 1 saturated heterocycles. The van der Waals surface area contributed by atoms with E-state index in [1.165, 1.54) is 0 Å². The van der Waals surface area contributed by atoms with Crippen molar-refractivity contribution in [3.63, 3.8) is 0 Å². The molecule has 1 unspecified atom stereocenters. The van der Waals surface area contributed by atoms with Crippen molar-refractivity contribution in [1.29, 1.82) is 0 Å². The molecule has 2 rings (SSSR count). The van der Waals surface area contributed by atoms with Gasteiger partial charge in [0, 0.05) is 6.20 Å². The molecule has 1 aromatic rings. The number of rotatable bonds is 1. The van der Waals surface area contributed by atoms with Gasteiger partial charge in [0.25, 0.3) is 0 Å². The Kier molecular flexibility index (Phi) is 2.90. The van der Waals surface area contributed by atoms with Gasteiger partial charge < -0.3 is 0 Å². The summed E-state index contributed by atoms with van der Waals surface area (Å²) >= 11 is 0. The maximum Gasteiger partial charge on any atom is 0.417 e. The van der Waals surface area contributed by atoms with E-state index in [0.717, 1.165) is 17.0 Å². The third kappa shape index (κ3) is 2.46. The maximum atomic E-state index is 12.3. The SMILES string of the molecule is O=C1CS(=O)CN1c1ccc(C(F)(F)F)cn1. The lowest BCUT2D eigenvalue weighted by Gasteiger charge is -2.13. The summed E-state index contributed by atoms with van der Waals surface area (Å²) in [4.78, 5) is 16.0. The smallest absolute Gasteiger partial charge is 0.283 e. The lowest BCUT2D eigenvalue weighted by atomic mass is 10.3. The second-order valence-corrected chi connectivity index (χ2v) is 4.86. The van der Waals surface area contributed by atoms with Crippen molar-refractivity contribution in [3.8, 4) is 0 Å². The minimum Gasteiger partial charge on any atom is -0.283 e. The highest BCUT2D eigenvalue weighted by atomic mass is 32.2. The minimum absolute atomic E-state index is 0.0167. The number of halogens is 3. The summed E-state index contributed by atoms with van der Waals surface area (Å²) in [7, 11) is -1.29. The summed E-state index contributed by atoms with van der Waals surface area (Å²) < 4.78 is 47.9. The van der Waals surface area contributed by atoms with Gasteiger partial charge in [0.15, 0.2) is 0 Å². The first-order valence-corrected chi connectivity index (χ1v) is 6.05. The molecule has 92 valence electrons. The first-order chi connectivity index (χ1) is 7.88. The zero-order valence-electron chi connectivity index (χ0n) is 8.40. The molecule has 1 aliphatic rings. The summed E-state index contributed by atoms with van der Waals surface area (Å²) in [6.07, 6.45) is -3.80. The predicted octanol–water partition coefficient (Wildman–Crippen LogP) is 1.15. The van der Waals surface area contributed by atoms with Crippen molar-refractivity contribution in [2.75, 3.05) is 16.5 Å². The number of nitrogens with zero attached hydrogens (tertiary/aromatic N) is 2. The van der Waals surface area contributed by atoms with Crippen LogP contribution >= 0.6 is 0 Å². The lowest BCUT2D eigenvalue weighted by Crippen LogP contribution is -2.26. The molecule has 8 heteroatoms. The Morgan fingerprint density at radius 2 is 2.06 bits per heavy atom. The third-order valence-electron chi connectivity index (χ3n) is 2.21. The van der Waals surface area contributed by atoms with E-state index in [1.54, 1.807) is 0 Å². The highest BCUT2D eigenvalue weighted by Gasteiger charge is 2.32. The van der Waals surface area contributed by atoms with Crippen LogP contribution in [0.4, 0.5) is 19.0 Å². The van der Waals surface area contributed by atoms with Crippen LogP contribution < -0.4 is 4.90 Å². The van der Waals surface area contributed by atoms with Crippen molar-refractivity contribution in [2.24, 2.45) is 0 Å². The molecule has 1 atom stereocenters. The van der Waals surface area contributed by atoms with Gasteiger partial charge in [-0.15, -0.1) is 0 Å². The van der Waals surface area contributed by atoms with Crippen LogP contribution in [0.3, 0.4) is 0 Å². The number of aromatic nitrogens is 1. The van der Waals surface area contributed by atoms with Crippen LogP contribution in [0.15, 0.2) is 18.3 Å². The number of pyridine rings is 1. The third-order valence-corrected chi connectivity index (χ3v) is 3.33. The average Bonchev–Trinajstić information content (AvgIpc) is 2.57. The van der Waals surface area contributed by atoms with Gasteiger partial charge in [-0.25, -0.2) is 4.98 Å². The van der Waals surface area contributed by atoms with Gasteiger partial charge in [0.1, 0.15) is 17.4 Å². The molecular weight excluding hydrogens is 257 g/mol. The summed E-state index contributed by atoms with van der Waals surface area (Å²) in [6, 6.07) is 1.94. The summed E-state index contributed by atoms with van der Waals surface area (Å²) in [6.45, 7) is 0. The molecule has 0 aliphatic carbocycles. The Balaban J connectivity index is 2.24. The standard InChI is InChI=1S/C9H7F3N2O2S/c10-9(11,12)6-1-2-7(13-3-6)14-5-17(16)4-8(14)15/h1-3H,4-5H2. The molecule has 0 spiro atoms. The Labute approximate surface area is 96.9 Å². The van der Waals surface area contributed by atoms with Crippen LogP contribution in [-0.2, 0) is 21.8 Å². The van der Waals surface area contributed by atoms with Crippen molar-refractivity contribution in [2.45, 2.75) is 6.18 Å². The monoisotopic (exact) mass is 264 g/mol. The van der Waals surface area contributed by atoms with Crippen molar-refractivity contribution < 1.29 is 22.2 Å². The molecule has 0 radical (unpaired) electrons. The molecule has 0 saturated carbocycles. The van der Waals surface area contributed by atoms with E-state index in [4.69, 9.17) is 0 Å². The molecule has 1 aliphatic heterocycles. The zero-order valence-corrected chi connectivity index (χ0v) is 9.22. The molecule has 0 bridgehead atoms. The van der Waals surface area contributed by atoms with Gasteiger partial charge in [-0.3, -0.25) is 13.9 Å². The quantitative estimate of drug-likeness (QED) is 0.764.